The maximum atomic E-state index is 12.0. The first-order chi connectivity index (χ1) is 11.1. The van der Waals surface area contributed by atoms with Crippen molar-refractivity contribution in [1.29, 1.82) is 0 Å². The molecule has 0 unspecified atom stereocenters. The van der Waals surface area contributed by atoms with Gasteiger partial charge in [-0.15, -0.1) is 0 Å². The largest absolute Gasteiger partial charge is 0.454 e. The maximum Gasteiger partial charge on any atom is 0.338 e. The van der Waals surface area contributed by atoms with Crippen LogP contribution in [-0.4, -0.2) is 31.3 Å². The van der Waals surface area contributed by atoms with Gasteiger partial charge in [0.25, 0.3) is 5.91 Å². The van der Waals surface area contributed by atoms with E-state index in [0.717, 1.165) is 19.3 Å². The van der Waals surface area contributed by atoms with E-state index < -0.39 is 5.97 Å². The zero-order valence-electron chi connectivity index (χ0n) is 13.2. The summed E-state index contributed by atoms with van der Waals surface area (Å²) in [4.78, 5) is 24.0. The second-order valence-corrected chi connectivity index (χ2v) is 6.08. The van der Waals surface area contributed by atoms with E-state index in [0.29, 0.717) is 23.0 Å². The molecule has 0 saturated heterocycles. The van der Waals surface area contributed by atoms with Crippen molar-refractivity contribution in [3.05, 3.63) is 23.8 Å². The van der Waals surface area contributed by atoms with Gasteiger partial charge in [-0.2, -0.15) is 0 Å². The molecule has 1 amide bonds. The minimum absolute atomic E-state index is 0.149. The quantitative estimate of drug-likeness (QED) is 0.862. The van der Waals surface area contributed by atoms with E-state index in [4.69, 9.17) is 14.2 Å². The van der Waals surface area contributed by atoms with Crippen LogP contribution < -0.4 is 14.8 Å². The third-order valence-electron chi connectivity index (χ3n) is 4.40. The van der Waals surface area contributed by atoms with Crippen LogP contribution in [0, 0.1) is 5.92 Å². The first kappa shape index (κ1) is 15.6. The molecule has 3 rings (SSSR count). The van der Waals surface area contributed by atoms with Gasteiger partial charge in [-0.3, -0.25) is 4.79 Å². The molecule has 1 fully saturated rings. The summed E-state index contributed by atoms with van der Waals surface area (Å²) in [5.41, 5.74) is 0.341. The lowest BCUT2D eigenvalue weighted by Crippen LogP contribution is -2.42. The van der Waals surface area contributed by atoms with E-state index in [1.807, 2.05) is 0 Å². The summed E-state index contributed by atoms with van der Waals surface area (Å²) >= 11 is 0. The van der Waals surface area contributed by atoms with Crippen LogP contribution >= 0.6 is 0 Å². The van der Waals surface area contributed by atoms with Crippen molar-refractivity contribution < 1.29 is 23.8 Å². The highest BCUT2D eigenvalue weighted by Crippen LogP contribution is 2.32. The van der Waals surface area contributed by atoms with Crippen LogP contribution in [0.1, 0.15) is 43.0 Å². The Morgan fingerprint density at radius 2 is 2.00 bits per heavy atom. The Bertz CT molecular complexity index is 601. The van der Waals surface area contributed by atoms with Crippen molar-refractivity contribution in [1.82, 2.24) is 5.32 Å². The van der Waals surface area contributed by atoms with Crippen LogP contribution in [0.25, 0.3) is 0 Å². The maximum absolute atomic E-state index is 12.0. The molecule has 23 heavy (non-hydrogen) atoms. The number of fused-ring (bicyclic) bond motifs is 1. The van der Waals surface area contributed by atoms with Gasteiger partial charge < -0.3 is 19.5 Å². The molecule has 1 aliphatic carbocycles. The third kappa shape index (κ3) is 3.75. The minimum atomic E-state index is -0.546. The van der Waals surface area contributed by atoms with Crippen LogP contribution in [0.5, 0.6) is 11.5 Å². The van der Waals surface area contributed by atoms with E-state index >= 15 is 0 Å². The molecule has 1 aliphatic heterocycles. The van der Waals surface area contributed by atoms with Gasteiger partial charge in [0.1, 0.15) is 0 Å². The van der Waals surface area contributed by atoms with Crippen LogP contribution in [0.2, 0.25) is 0 Å². The van der Waals surface area contributed by atoms with Gasteiger partial charge in [-0.05, 0) is 37.0 Å². The second-order valence-electron chi connectivity index (χ2n) is 6.08. The number of benzene rings is 1. The molecular formula is C17H21NO5. The number of esters is 1. The second kappa shape index (κ2) is 6.89. The van der Waals surface area contributed by atoms with E-state index in [9.17, 15) is 9.59 Å². The summed E-state index contributed by atoms with van der Waals surface area (Å²) in [6.07, 6.45) is 4.46. The molecule has 1 aromatic carbocycles. The van der Waals surface area contributed by atoms with Crippen molar-refractivity contribution in [2.75, 3.05) is 13.4 Å². The lowest BCUT2D eigenvalue weighted by Gasteiger charge is -2.29. The Labute approximate surface area is 135 Å². The number of hydrogen-bond acceptors (Lipinski definition) is 5. The predicted octanol–water partition coefficient (Wildman–Crippen LogP) is 2.27. The molecule has 2 atom stereocenters. The fourth-order valence-electron chi connectivity index (χ4n) is 3.02. The van der Waals surface area contributed by atoms with Gasteiger partial charge in [0, 0.05) is 6.04 Å². The zero-order chi connectivity index (χ0) is 16.2. The average molecular weight is 319 g/mol. The molecule has 1 saturated carbocycles. The molecule has 6 nitrogen and oxygen atoms in total. The Morgan fingerprint density at radius 1 is 1.22 bits per heavy atom. The number of carbonyl (C=O) groups is 2. The molecule has 1 aromatic rings. The zero-order valence-corrected chi connectivity index (χ0v) is 13.2. The molecule has 2 aliphatic rings. The molecule has 124 valence electrons. The van der Waals surface area contributed by atoms with Crippen molar-refractivity contribution >= 4 is 11.9 Å². The summed E-state index contributed by atoms with van der Waals surface area (Å²) in [6.45, 7) is 2.02. The first-order valence-corrected chi connectivity index (χ1v) is 7.99. The van der Waals surface area contributed by atoms with E-state index in [2.05, 4.69) is 12.2 Å². The predicted molar refractivity (Wildman–Crippen MR) is 82.4 cm³/mol. The topological polar surface area (TPSA) is 73.9 Å². The van der Waals surface area contributed by atoms with Crippen LogP contribution in [0.15, 0.2) is 18.2 Å². The van der Waals surface area contributed by atoms with Crippen molar-refractivity contribution in [3.63, 3.8) is 0 Å². The van der Waals surface area contributed by atoms with Gasteiger partial charge >= 0.3 is 5.97 Å². The number of rotatable bonds is 4. The lowest BCUT2D eigenvalue weighted by atomic mass is 9.86. The molecule has 0 aromatic heterocycles. The molecule has 6 heteroatoms. The number of ether oxygens (including phenoxy) is 3. The normalized spacial score (nSPS) is 22.5. The highest BCUT2D eigenvalue weighted by molar-refractivity contribution is 5.92. The summed E-state index contributed by atoms with van der Waals surface area (Å²) in [6, 6.07) is 4.99. The van der Waals surface area contributed by atoms with E-state index in [1.54, 1.807) is 18.2 Å². The summed E-state index contributed by atoms with van der Waals surface area (Å²) in [5.74, 6) is 0.788. The smallest absolute Gasteiger partial charge is 0.338 e. The summed E-state index contributed by atoms with van der Waals surface area (Å²) in [7, 11) is 0. The third-order valence-corrected chi connectivity index (χ3v) is 4.40. The number of amides is 1. The summed E-state index contributed by atoms with van der Waals surface area (Å²) in [5, 5.41) is 2.96. The Kier molecular flexibility index (Phi) is 4.69. The Morgan fingerprint density at radius 3 is 2.83 bits per heavy atom. The molecule has 1 heterocycles. The SMILES string of the molecule is C[C@@H]1CCCC[C@H]1NC(=O)COC(=O)c1ccc2c(c1)OCO2. The van der Waals surface area contributed by atoms with Gasteiger partial charge in [-0.1, -0.05) is 19.8 Å². The molecular weight excluding hydrogens is 298 g/mol. The summed E-state index contributed by atoms with van der Waals surface area (Å²) < 4.78 is 15.5. The molecule has 0 radical (unpaired) electrons. The van der Waals surface area contributed by atoms with Crippen molar-refractivity contribution in [3.8, 4) is 11.5 Å². The Balaban J connectivity index is 1.49. The average Bonchev–Trinajstić information content (AvgIpc) is 3.02. The Hall–Kier alpha value is -2.24. The monoisotopic (exact) mass is 319 g/mol. The van der Waals surface area contributed by atoms with Crippen molar-refractivity contribution in [2.24, 2.45) is 5.92 Å². The van der Waals surface area contributed by atoms with Crippen LogP contribution in [0.3, 0.4) is 0 Å². The standard InChI is InChI=1S/C17H21NO5/c1-11-4-2-3-5-13(11)18-16(19)9-21-17(20)12-6-7-14-15(8-12)23-10-22-14/h6-8,11,13H,2-5,9-10H2,1H3,(H,18,19)/t11-,13-/m1/s1. The molecule has 0 bridgehead atoms. The number of nitrogens with one attached hydrogen (secondary N) is 1. The fraction of sp³-hybridized carbons (Fsp3) is 0.529. The minimum Gasteiger partial charge on any atom is -0.454 e. The van der Waals surface area contributed by atoms with E-state index in [1.165, 1.54) is 6.42 Å². The van der Waals surface area contributed by atoms with Gasteiger partial charge in [0.05, 0.1) is 5.56 Å². The highest BCUT2D eigenvalue weighted by Gasteiger charge is 2.23. The molecule has 0 spiro atoms. The first-order valence-electron chi connectivity index (χ1n) is 7.99. The van der Waals surface area contributed by atoms with Crippen LogP contribution in [-0.2, 0) is 9.53 Å². The lowest BCUT2D eigenvalue weighted by molar-refractivity contribution is -0.125. The number of carbonyl (C=O) groups excluding carboxylic acids is 2. The number of hydrogen-bond donors (Lipinski definition) is 1. The van der Waals surface area contributed by atoms with Gasteiger partial charge in [0.15, 0.2) is 18.1 Å². The van der Waals surface area contributed by atoms with Crippen molar-refractivity contribution in [2.45, 2.75) is 38.6 Å². The highest BCUT2D eigenvalue weighted by atomic mass is 16.7. The van der Waals surface area contributed by atoms with E-state index in [-0.39, 0.29) is 25.3 Å². The fourth-order valence-corrected chi connectivity index (χ4v) is 3.02. The molecule has 1 N–H and O–H groups in total. The van der Waals surface area contributed by atoms with Gasteiger partial charge in [-0.25, -0.2) is 4.79 Å². The van der Waals surface area contributed by atoms with Crippen LogP contribution in [0.4, 0.5) is 0 Å². The van der Waals surface area contributed by atoms with Gasteiger partial charge in [0.2, 0.25) is 6.79 Å².